The third-order valence-electron chi connectivity index (χ3n) is 1.28. The van der Waals surface area contributed by atoms with E-state index < -0.39 is 0 Å². The number of nitrogens with zero attached hydrogens (tertiary/aromatic N) is 3. The molecule has 0 aliphatic carbocycles. The number of halogens is 1. The van der Waals surface area contributed by atoms with Crippen LogP contribution in [0.3, 0.4) is 0 Å². The topological polar surface area (TPSA) is 46.1 Å². The van der Waals surface area contributed by atoms with Crippen molar-refractivity contribution in [2.45, 2.75) is 0 Å². The van der Waals surface area contributed by atoms with E-state index in [0.29, 0.717) is 0 Å². The molecule has 64 valence electrons. The van der Waals surface area contributed by atoms with Crippen molar-refractivity contribution < 1.29 is 4.79 Å². The molecule has 0 aliphatic heterocycles. The zero-order valence-corrected chi connectivity index (χ0v) is 7.54. The highest BCUT2D eigenvalue weighted by Gasteiger charge is 2.12. The fourth-order valence-electron chi connectivity index (χ4n) is 0.682. The van der Waals surface area contributed by atoms with E-state index in [1.165, 1.54) is 17.4 Å². The lowest BCUT2D eigenvalue weighted by Gasteiger charge is -2.09. The first-order valence-electron chi connectivity index (χ1n) is 3.30. The standard InChI is InChI=1S/C7H8ClN3O/c1-11(2)7(12)6-5(8)3-9-4-10-6/h3-4H,1-2H3. The van der Waals surface area contributed by atoms with Crippen molar-refractivity contribution in [3.63, 3.8) is 0 Å². The summed E-state index contributed by atoms with van der Waals surface area (Å²) in [6.45, 7) is 0. The summed E-state index contributed by atoms with van der Waals surface area (Å²) >= 11 is 5.69. The summed E-state index contributed by atoms with van der Waals surface area (Å²) in [5, 5.41) is 0.274. The second kappa shape index (κ2) is 3.49. The Morgan fingerprint density at radius 1 is 1.58 bits per heavy atom. The van der Waals surface area contributed by atoms with Gasteiger partial charge in [0.25, 0.3) is 5.91 Å². The molecule has 0 unspecified atom stereocenters. The van der Waals surface area contributed by atoms with Crippen molar-refractivity contribution in [3.05, 3.63) is 23.2 Å². The first-order valence-corrected chi connectivity index (χ1v) is 3.68. The van der Waals surface area contributed by atoms with Gasteiger partial charge in [0, 0.05) is 20.3 Å². The van der Waals surface area contributed by atoms with E-state index in [9.17, 15) is 4.79 Å². The Bertz CT molecular complexity index is 300. The number of amides is 1. The molecule has 0 radical (unpaired) electrons. The van der Waals surface area contributed by atoms with Crippen LogP contribution in [0, 0.1) is 0 Å². The zero-order chi connectivity index (χ0) is 9.14. The predicted molar refractivity (Wildman–Crippen MR) is 45.1 cm³/mol. The fraction of sp³-hybridized carbons (Fsp3) is 0.286. The van der Waals surface area contributed by atoms with Crippen LogP contribution in [0.15, 0.2) is 12.5 Å². The summed E-state index contributed by atoms with van der Waals surface area (Å²) < 4.78 is 0. The summed E-state index contributed by atoms with van der Waals surface area (Å²) in [7, 11) is 3.28. The molecule has 0 aliphatic rings. The average molecular weight is 186 g/mol. The minimum absolute atomic E-state index is 0.220. The Morgan fingerprint density at radius 3 is 2.75 bits per heavy atom. The van der Waals surface area contributed by atoms with Gasteiger partial charge in [0.05, 0.1) is 5.02 Å². The molecule has 0 saturated heterocycles. The maximum absolute atomic E-state index is 11.3. The summed E-state index contributed by atoms with van der Waals surface area (Å²) in [5.41, 5.74) is 0.233. The molecule has 0 aromatic carbocycles. The van der Waals surface area contributed by atoms with Crippen LogP contribution in [-0.4, -0.2) is 34.9 Å². The SMILES string of the molecule is CN(C)C(=O)c1ncncc1Cl. The van der Waals surface area contributed by atoms with Crippen molar-refractivity contribution in [1.29, 1.82) is 0 Å². The number of carbonyl (C=O) groups excluding carboxylic acids is 1. The van der Waals surface area contributed by atoms with Gasteiger partial charge in [-0.25, -0.2) is 9.97 Å². The van der Waals surface area contributed by atoms with Crippen molar-refractivity contribution in [2.24, 2.45) is 0 Å². The molecule has 1 aromatic rings. The molecule has 0 bridgehead atoms. The Kier molecular flexibility index (Phi) is 2.60. The molecule has 1 heterocycles. The van der Waals surface area contributed by atoms with Crippen LogP contribution in [-0.2, 0) is 0 Å². The highest BCUT2D eigenvalue weighted by atomic mass is 35.5. The highest BCUT2D eigenvalue weighted by Crippen LogP contribution is 2.11. The van der Waals surface area contributed by atoms with Gasteiger partial charge in [-0.05, 0) is 0 Å². The van der Waals surface area contributed by atoms with Crippen LogP contribution in [0.1, 0.15) is 10.5 Å². The molecule has 1 amide bonds. The van der Waals surface area contributed by atoms with E-state index in [4.69, 9.17) is 11.6 Å². The summed E-state index contributed by atoms with van der Waals surface area (Å²) in [6.07, 6.45) is 2.69. The van der Waals surface area contributed by atoms with Crippen molar-refractivity contribution in [3.8, 4) is 0 Å². The molecular formula is C7H8ClN3O. The van der Waals surface area contributed by atoms with Gasteiger partial charge in [-0.15, -0.1) is 0 Å². The van der Waals surface area contributed by atoms with E-state index in [1.54, 1.807) is 14.1 Å². The van der Waals surface area contributed by atoms with Crippen LogP contribution in [0.25, 0.3) is 0 Å². The van der Waals surface area contributed by atoms with E-state index in [1.807, 2.05) is 0 Å². The summed E-state index contributed by atoms with van der Waals surface area (Å²) in [6, 6.07) is 0. The molecule has 5 heteroatoms. The molecule has 12 heavy (non-hydrogen) atoms. The second-order valence-corrected chi connectivity index (χ2v) is 2.83. The number of carbonyl (C=O) groups is 1. The van der Waals surface area contributed by atoms with Gasteiger partial charge >= 0.3 is 0 Å². The first kappa shape index (κ1) is 8.93. The van der Waals surface area contributed by atoms with Gasteiger partial charge in [-0.3, -0.25) is 4.79 Å². The van der Waals surface area contributed by atoms with Crippen LogP contribution in [0.4, 0.5) is 0 Å². The quantitative estimate of drug-likeness (QED) is 0.651. The van der Waals surface area contributed by atoms with Gasteiger partial charge in [0.15, 0.2) is 0 Å². The zero-order valence-electron chi connectivity index (χ0n) is 6.78. The monoisotopic (exact) mass is 185 g/mol. The first-order chi connectivity index (χ1) is 5.63. The van der Waals surface area contributed by atoms with Crippen molar-refractivity contribution in [2.75, 3.05) is 14.1 Å². The van der Waals surface area contributed by atoms with Gasteiger partial charge in [0.2, 0.25) is 0 Å². The largest absolute Gasteiger partial charge is 0.343 e. The lowest BCUT2D eigenvalue weighted by Crippen LogP contribution is -2.23. The predicted octanol–water partition coefficient (Wildman–Crippen LogP) is 0.832. The van der Waals surface area contributed by atoms with Gasteiger partial charge in [-0.2, -0.15) is 0 Å². The third-order valence-corrected chi connectivity index (χ3v) is 1.55. The number of hydrogen-bond acceptors (Lipinski definition) is 3. The van der Waals surface area contributed by atoms with Gasteiger partial charge in [0.1, 0.15) is 12.0 Å². The molecule has 0 fully saturated rings. The fourth-order valence-corrected chi connectivity index (χ4v) is 0.868. The Labute approximate surface area is 75.2 Å². The Hall–Kier alpha value is -1.16. The van der Waals surface area contributed by atoms with Crippen LogP contribution in [0.2, 0.25) is 5.02 Å². The summed E-state index contributed by atoms with van der Waals surface area (Å²) in [5.74, 6) is -0.220. The van der Waals surface area contributed by atoms with Gasteiger partial charge < -0.3 is 4.90 Å². The molecular weight excluding hydrogens is 178 g/mol. The lowest BCUT2D eigenvalue weighted by molar-refractivity contribution is 0.0822. The molecule has 0 atom stereocenters. The van der Waals surface area contributed by atoms with Crippen LogP contribution in [0.5, 0.6) is 0 Å². The van der Waals surface area contributed by atoms with Gasteiger partial charge in [-0.1, -0.05) is 11.6 Å². The van der Waals surface area contributed by atoms with Crippen LogP contribution < -0.4 is 0 Å². The van der Waals surface area contributed by atoms with Crippen molar-refractivity contribution in [1.82, 2.24) is 14.9 Å². The minimum Gasteiger partial charge on any atom is -0.343 e. The Balaban J connectivity index is 3.03. The highest BCUT2D eigenvalue weighted by molar-refractivity contribution is 6.33. The Morgan fingerprint density at radius 2 is 2.25 bits per heavy atom. The smallest absolute Gasteiger partial charge is 0.273 e. The third kappa shape index (κ3) is 1.71. The molecule has 0 spiro atoms. The number of aromatic nitrogens is 2. The van der Waals surface area contributed by atoms with E-state index in [-0.39, 0.29) is 16.6 Å². The minimum atomic E-state index is -0.220. The average Bonchev–Trinajstić information content (AvgIpc) is 2.04. The maximum Gasteiger partial charge on any atom is 0.273 e. The molecule has 0 N–H and O–H groups in total. The number of hydrogen-bond donors (Lipinski definition) is 0. The van der Waals surface area contributed by atoms with E-state index >= 15 is 0 Å². The summed E-state index contributed by atoms with van der Waals surface area (Å²) in [4.78, 5) is 20.2. The lowest BCUT2D eigenvalue weighted by atomic mass is 10.4. The van der Waals surface area contributed by atoms with Crippen molar-refractivity contribution >= 4 is 17.5 Å². The van der Waals surface area contributed by atoms with E-state index in [2.05, 4.69) is 9.97 Å². The molecule has 4 nitrogen and oxygen atoms in total. The maximum atomic E-state index is 11.3. The molecule has 0 saturated carbocycles. The normalized spacial score (nSPS) is 9.58. The molecule has 1 rings (SSSR count). The number of rotatable bonds is 1. The molecule has 1 aromatic heterocycles. The van der Waals surface area contributed by atoms with Crippen LogP contribution >= 0.6 is 11.6 Å². The van der Waals surface area contributed by atoms with E-state index in [0.717, 1.165) is 0 Å². The second-order valence-electron chi connectivity index (χ2n) is 2.42.